The zero-order valence-corrected chi connectivity index (χ0v) is 38.3. The molecule has 0 radical (unpaired) electrons. The summed E-state index contributed by atoms with van der Waals surface area (Å²) >= 11 is 0. The van der Waals surface area contributed by atoms with Crippen LogP contribution in [0.15, 0.2) is 128 Å². The lowest BCUT2D eigenvalue weighted by atomic mass is 10.1. The predicted molar refractivity (Wildman–Crippen MR) is 237 cm³/mol. The van der Waals surface area contributed by atoms with Crippen molar-refractivity contribution in [1.82, 2.24) is 0 Å². The number of aliphatic hydroxyl groups is 2. The van der Waals surface area contributed by atoms with E-state index in [-0.39, 0.29) is 34.3 Å². The number of hydrogen-bond acceptors (Lipinski definition) is 23. The van der Waals surface area contributed by atoms with Gasteiger partial charge in [-0.1, -0.05) is 0 Å². The molecule has 1 atom stereocenters. The normalized spacial score (nSPS) is 14.8. The highest BCUT2D eigenvalue weighted by Crippen LogP contribution is 2.47. The minimum Gasteiger partial charge on any atom is -0.505 e. The summed E-state index contributed by atoms with van der Waals surface area (Å²) < 4.78 is 155. The van der Waals surface area contributed by atoms with Gasteiger partial charge in [0.2, 0.25) is 6.04 Å². The maximum absolute atomic E-state index is 13.4. The van der Waals surface area contributed by atoms with Crippen molar-refractivity contribution in [2.24, 2.45) is 41.5 Å². The third-order valence-electron chi connectivity index (χ3n) is 9.23. The van der Waals surface area contributed by atoms with E-state index in [1.807, 2.05) is 0 Å². The fourth-order valence-corrected chi connectivity index (χ4v) is 8.77. The summed E-state index contributed by atoms with van der Waals surface area (Å²) in [5.41, 5.74) is 1.53. The number of methoxy groups -OCH3 is 1. The minimum atomic E-state index is -5.55. The Morgan fingerprint density at radius 1 is 0.671 bits per heavy atom. The Bertz CT molecular complexity index is 3540. The van der Waals surface area contributed by atoms with E-state index in [9.17, 15) is 76.8 Å². The number of anilines is 1. The van der Waals surface area contributed by atoms with Crippen molar-refractivity contribution in [1.29, 1.82) is 0 Å². The Morgan fingerprint density at radius 3 is 1.74 bits per heavy atom. The van der Waals surface area contributed by atoms with Crippen LogP contribution in [0.1, 0.15) is 0 Å². The van der Waals surface area contributed by atoms with Crippen LogP contribution in [-0.2, 0) is 50.1 Å². The first kappa shape index (κ1) is 51.9. The Morgan fingerprint density at radius 2 is 1.23 bits per heavy atom. The van der Waals surface area contributed by atoms with E-state index >= 15 is 0 Å². The summed E-state index contributed by atoms with van der Waals surface area (Å²) in [4.78, 5) is 21.8. The smallest absolute Gasteiger partial charge is 0.297 e. The first-order chi connectivity index (χ1) is 32.8. The number of aliphatic hydroxyl groups excluding tert-OH is 2. The number of carbonyl (C=O) groups is 2. The number of nitrogens with zero attached hydrogens (tertiary/aromatic N) is 8. The molecule has 1 aliphatic rings. The number of hydrazone groups is 1. The van der Waals surface area contributed by atoms with Gasteiger partial charge in [0.25, 0.3) is 52.3 Å². The standard InChI is InChI=1S/C37H33N9O20S4/c1-64-19-4-8-23(29(14-19)68(55,56)57)39-41-25-16-28(66-13-11-48)26(17-27(25)65-12-10-47)42-43-31-30(69(58,59)60)15-22-21(34(31)49)7-9-24(35(22)70(61,62)63)40-44-33-32(36(38)50)45-46(37(33)51)18-2-5-20(6-3-18)67(52,53)54/h2-9,14-17,33,47-49H,10-13H2,1H3,(H2,38,50)(H,52,53,54)(H,55,56,57)(H,58,59,60)(H,61,62,63)/b41-39+,43-42+,44-40+. The maximum Gasteiger partial charge on any atom is 0.297 e. The van der Waals surface area contributed by atoms with Crippen LogP contribution in [0.4, 0.5) is 34.1 Å². The fraction of sp³-hybridized carbons (Fsp3) is 0.162. The minimum absolute atomic E-state index is 0.0339. The van der Waals surface area contributed by atoms with Gasteiger partial charge >= 0.3 is 0 Å². The Kier molecular flexibility index (Phi) is 15.0. The molecule has 29 nitrogen and oxygen atoms in total. The fourth-order valence-electron chi connectivity index (χ4n) is 6.18. The Hall–Kier alpha value is -7.47. The molecule has 1 aliphatic heterocycles. The molecule has 70 heavy (non-hydrogen) atoms. The van der Waals surface area contributed by atoms with Crippen LogP contribution < -0.4 is 25.0 Å². The van der Waals surface area contributed by atoms with E-state index in [2.05, 4.69) is 35.8 Å². The van der Waals surface area contributed by atoms with Crippen molar-refractivity contribution in [2.45, 2.75) is 25.6 Å². The summed E-state index contributed by atoms with van der Waals surface area (Å²) in [7, 11) is -19.4. The van der Waals surface area contributed by atoms with Gasteiger partial charge in [0, 0.05) is 29.0 Å². The summed E-state index contributed by atoms with van der Waals surface area (Å²) in [6.07, 6.45) is 0. The van der Waals surface area contributed by atoms with Crippen LogP contribution in [0.3, 0.4) is 0 Å². The summed E-state index contributed by atoms with van der Waals surface area (Å²) in [5.74, 6) is -4.23. The van der Waals surface area contributed by atoms with Gasteiger partial charge in [-0.25, -0.2) is 0 Å². The van der Waals surface area contributed by atoms with E-state index in [1.54, 1.807) is 0 Å². The SMILES string of the molecule is COc1ccc(/N=N/c2cc(OCCO)c(/N=N/c3c(S(=O)(=O)O)cc4c(S(=O)(=O)O)c(/N=N/C5C(=O)N(c6ccc(S(=O)(=O)O)cc6)N=C5C(N)=O)ccc4c3O)cc2OCCO)c(S(=O)(=O)O)c1. The molecule has 6 rings (SSSR count). The summed E-state index contributed by atoms with van der Waals surface area (Å²) in [6.45, 7) is -2.01. The average Bonchev–Trinajstić information content (AvgIpc) is 3.62. The highest BCUT2D eigenvalue weighted by Gasteiger charge is 2.40. The number of azo groups is 3. The van der Waals surface area contributed by atoms with Gasteiger partial charge in [-0.15, -0.1) is 20.5 Å². The lowest BCUT2D eigenvalue weighted by Crippen LogP contribution is -2.35. The highest BCUT2D eigenvalue weighted by molar-refractivity contribution is 7.87. The molecule has 9 N–H and O–H groups in total. The van der Waals surface area contributed by atoms with Crippen LogP contribution in [0.5, 0.6) is 23.0 Å². The third kappa shape index (κ3) is 11.3. The second kappa shape index (κ2) is 20.2. The number of carbonyl (C=O) groups excluding carboxylic acids is 2. The zero-order chi connectivity index (χ0) is 51.5. The van der Waals surface area contributed by atoms with Crippen molar-refractivity contribution in [3.8, 4) is 23.0 Å². The lowest BCUT2D eigenvalue weighted by molar-refractivity contribution is -0.118. The number of nitrogens with two attached hydrogens (primary N) is 1. The predicted octanol–water partition coefficient (Wildman–Crippen LogP) is 3.45. The average molecular weight is 1050 g/mol. The number of fused-ring (bicyclic) bond motifs is 1. The van der Waals surface area contributed by atoms with Crippen molar-refractivity contribution in [2.75, 3.05) is 38.5 Å². The molecule has 5 aromatic rings. The molecule has 370 valence electrons. The van der Waals surface area contributed by atoms with E-state index in [0.717, 1.165) is 60.7 Å². The largest absolute Gasteiger partial charge is 0.505 e. The van der Waals surface area contributed by atoms with Gasteiger partial charge < -0.3 is 35.3 Å². The van der Waals surface area contributed by atoms with Crippen LogP contribution in [-0.4, -0.2) is 124 Å². The Labute approximate surface area is 393 Å². The molecule has 0 spiro atoms. The zero-order valence-electron chi connectivity index (χ0n) is 35.1. The molecular formula is C37H33N9O20S4. The first-order valence-corrected chi connectivity index (χ1v) is 24.7. The molecular weight excluding hydrogens is 1020 g/mol. The van der Waals surface area contributed by atoms with Crippen molar-refractivity contribution >= 4 is 103 Å². The number of hydrogen-bond donors (Lipinski definition) is 8. The van der Waals surface area contributed by atoms with E-state index in [4.69, 9.17) is 19.9 Å². The molecule has 1 heterocycles. The van der Waals surface area contributed by atoms with Crippen LogP contribution >= 0.6 is 0 Å². The van der Waals surface area contributed by atoms with Gasteiger partial charge in [0.1, 0.15) is 73.6 Å². The number of phenolic OH excluding ortho intramolecular Hbond substituents is 1. The van der Waals surface area contributed by atoms with Gasteiger partial charge in [-0.05, 0) is 54.6 Å². The molecule has 5 aromatic carbocycles. The van der Waals surface area contributed by atoms with Crippen LogP contribution in [0.25, 0.3) is 10.8 Å². The second-order valence-corrected chi connectivity index (χ2v) is 19.3. The summed E-state index contributed by atoms with van der Waals surface area (Å²) in [6, 6.07) is 9.48. The maximum atomic E-state index is 13.4. The summed E-state index contributed by atoms with van der Waals surface area (Å²) in [5, 5.41) is 56.3. The number of phenols is 1. The number of primary amides is 1. The van der Waals surface area contributed by atoms with Gasteiger partial charge in [-0.3, -0.25) is 27.8 Å². The molecule has 0 bridgehead atoms. The quantitative estimate of drug-likeness (QED) is 0.0433. The van der Waals surface area contributed by atoms with Crippen LogP contribution in [0.2, 0.25) is 0 Å². The third-order valence-corrected chi connectivity index (χ3v) is 12.8. The number of rotatable bonds is 19. The van der Waals surface area contributed by atoms with Gasteiger partial charge in [-0.2, -0.15) is 54.0 Å². The number of aromatic hydroxyl groups is 1. The molecule has 33 heteroatoms. The number of amides is 2. The molecule has 1 unspecified atom stereocenters. The number of ether oxygens (including phenoxy) is 3. The number of benzene rings is 5. The van der Waals surface area contributed by atoms with Crippen molar-refractivity contribution < 1.29 is 91.0 Å². The van der Waals surface area contributed by atoms with E-state index < -0.39 is 144 Å². The van der Waals surface area contributed by atoms with E-state index in [0.29, 0.717) is 11.1 Å². The second-order valence-electron chi connectivity index (χ2n) is 13.8. The highest BCUT2D eigenvalue weighted by atomic mass is 32.2. The molecule has 0 saturated heterocycles. The molecule has 0 fully saturated rings. The molecule has 0 aromatic heterocycles. The first-order valence-electron chi connectivity index (χ1n) is 18.9. The van der Waals surface area contributed by atoms with Crippen molar-refractivity contribution in [3.05, 3.63) is 72.8 Å². The van der Waals surface area contributed by atoms with Gasteiger partial charge in [0.15, 0.2) is 11.5 Å². The lowest BCUT2D eigenvalue weighted by Gasteiger charge is -2.14. The van der Waals surface area contributed by atoms with Gasteiger partial charge in [0.05, 0.1) is 30.9 Å². The van der Waals surface area contributed by atoms with Crippen molar-refractivity contribution in [3.63, 3.8) is 0 Å². The van der Waals surface area contributed by atoms with Crippen LogP contribution in [0, 0.1) is 0 Å². The molecule has 0 aliphatic carbocycles. The molecule has 2 amide bonds. The molecule has 0 saturated carbocycles. The topological polar surface area (TPSA) is 456 Å². The van der Waals surface area contributed by atoms with E-state index in [1.165, 1.54) is 13.2 Å². The monoisotopic (exact) mass is 1050 g/mol. The Balaban J connectivity index is 1.46.